The van der Waals surface area contributed by atoms with Gasteiger partial charge in [-0.1, -0.05) is 84.2 Å². The molecule has 0 spiro atoms. The van der Waals surface area contributed by atoms with E-state index in [0.29, 0.717) is 44.0 Å². The van der Waals surface area contributed by atoms with Crippen molar-refractivity contribution >= 4 is 81.7 Å². The van der Waals surface area contributed by atoms with E-state index < -0.39 is 17.1 Å². The van der Waals surface area contributed by atoms with Crippen LogP contribution in [-0.2, 0) is 9.59 Å². The maximum atomic E-state index is 13.5. The molecule has 0 saturated carbocycles. The van der Waals surface area contributed by atoms with Gasteiger partial charge in [0.25, 0.3) is 11.8 Å². The van der Waals surface area contributed by atoms with Gasteiger partial charge in [0.05, 0.1) is 16.0 Å². The average Bonchev–Trinajstić information content (AvgIpc) is 2.99. The number of carbonyl (C=O) groups is 3. The number of anilines is 2. The standard InChI is InChI=1S/C32H26Cl3N3O3S/c1-2-29(32(41)37-27-17-7-6-14-26(27)35)42-22-13-8-12-21(18-22)36-31(40)28(19-23-24(33)15-9-16-25(23)34)38-30(39)20-10-4-3-5-11-20/h3-19,29H,2H2,1H3,(H,36,40)(H,37,41)(H,38,39)/b28-19+. The molecule has 0 heterocycles. The molecule has 6 nitrogen and oxygen atoms in total. The number of benzene rings is 4. The van der Waals surface area contributed by atoms with E-state index >= 15 is 0 Å². The van der Waals surface area contributed by atoms with Crippen molar-refractivity contribution in [2.24, 2.45) is 0 Å². The maximum absolute atomic E-state index is 13.5. The van der Waals surface area contributed by atoms with Crippen molar-refractivity contribution in [3.8, 4) is 0 Å². The number of rotatable bonds is 10. The van der Waals surface area contributed by atoms with E-state index in [-0.39, 0.29) is 11.6 Å². The molecule has 3 N–H and O–H groups in total. The van der Waals surface area contributed by atoms with Crippen LogP contribution in [0.15, 0.2) is 108 Å². The number of amides is 3. The molecule has 0 aliphatic heterocycles. The molecule has 1 unspecified atom stereocenters. The van der Waals surface area contributed by atoms with Gasteiger partial charge in [0.1, 0.15) is 5.70 Å². The van der Waals surface area contributed by atoms with E-state index in [2.05, 4.69) is 16.0 Å². The number of hydrogen-bond donors (Lipinski definition) is 3. The highest BCUT2D eigenvalue weighted by atomic mass is 35.5. The lowest BCUT2D eigenvalue weighted by Gasteiger charge is -2.16. The fraction of sp³-hybridized carbons (Fsp3) is 0.0938. The fourth-order valence-corrected chi connectivity index (χ4v) is 5.55. The van der Waals surface area contributed by atoms with Crippen LogP contribution in [0.2, 0.25) is 15.1 Å². The summed E-state index contributed by atoms with van der Waals surface area (Å²) < 4.78 is 0. The molecule has 214 valence electrons. The molecule has 3 amide bonds. The normalized spacial score (nSPS) is 11.9. The highest BCUT2D eigenvalue weighted by Crippen LogP contribution is 2.30. The summed E-state index contributed by atoms with van der Waals surface area (Å²) in [6.07, 6.45) is 2.00. The quantitative estimate of drug-likeness (QED) is 0.120. The summed E-state index contributed by atoms with van der Waals surface area (Å²) in [5.74, 6) is -1.24. The van der Waals surface area contributed by atoms with Crippen molar-refractivity contribution in [1.29, 1.82) is 0 Å². The van der Waals surface area contributed by atoms with Gasteiger partial charge in [0.2, 0.25) is 5.91 Å². The second kappa shape index (κ2) is 14.9. The minimum atomic E-state index is -0.582. The predicted octanol–water partition coefficient (Wildman–Crippen LogP) is 8.57. The molecule has 42 heavy (non-hydrogen) atoms. The first-order valence-electron chi connectivity index (χ1n) is 12.9. The Hall–Kier alpha value is -3.75. The van der Waals surface area contributed by atoms with Gasteiger partial charge in [0.15, 0.2) is 0 Å². The Morgan fingerprint density at radius 3 is 2.12 bits per heavy atom. The first kappa shape index (κ1) is 31.2. The van der Waals surface area contributed by atoms with E-state index in [4.69, 9.17) is 34.8 Å². The highest BCUT2D eigenvalue weighted by molar-refractivity contribution is 8.00. The molecular weight excluding hydrogens is 613 g/mol. The zero-order chi connectivity index (χ0) is 30.1. The summed E-state index contributed by atoms with van der Waals surface area (Å²) >= 11 is 20.2. The van der Waals surface area contributed by atoms with Gasteiger partial charge in [-0.05, 0) is 67.1 Å². The van der Waals surface area contributed by atoms with E-state index in [1.165, 1.54) is 17.8 Å². The van der Waals surface area contributed by atoms with Gasteiger partial charge >= 0.3 is 0 Å². The Balaban J connectivity index is 1.54. The molecule has 0 saturated heterocycles. The van der Waals surface area contributed by atoms with Gasteiger partial charge in [0, 0.05) is 31.8 Å². The molecule has 0 aliphatic carbocycles. The highest BCUT2D eigenvalue weighted by Gasteiger charge is 2.20. The molecule has 0 bridgehead atoms. The van der Waals surface area contributed by atoms with Gasteiger partial charge < -0.3 is 16.0 Å². The van der Waals surface area contributed by atoms with E-state index in [1.807, 2.05) is 13.0 Å². The lowest BCUT2D eigenvalue weighted by atomic mass is 10.1. The minimum absolute atomic E-state index is 0.0533. The topological polar surface area (TPSA) is 87.3 Å². The molecule has 10 heteroatoms. The number of nitrogens with one attached hydrogen (secondary N) is 3. The fourth-order valence-electron chi connectivity index (χ4n) is 3.84. The van der Waals surface area contributed by atoms with Crippen LogP contribution in [0.25, 0.3) is 6.08 Å². The number of halogens is 3. The van der Waals surface area contributed by atoms with Crippen LogP contribution in [0, 0.1) is 0 Å². The van der Waals surface area contributed by atoms with Gasteiger partial charge in [-0.25, -0.2) is 0 Å². The van der Waals surface area contributed by atoms with Gasteiger partial charge in [-0.2, -0.15) is 0 Å². The third-order valence-corrected chi connectivity index (χ3v) is 8.33. The Bertz CT molecular complexity index is 1610. The predicted molar refractivity (Wildman–Crippen MR) is 173 cm³/mol. The Labute approximate surface area is 263 Å². The third kappa shape index (κ3) is 8.39. The van der Waals surface area contributed by atoms with Crippen LogP contribution in [0.1, 0.15) is 29.3 Å². The molecule has 4 aromatic carbocycles. The molecule has 1 atom stereocenters. The Kier molecular flexibility index (Phi) is 11.1. The Morgan fingerprint density at radius 2 is 1.43 bits per heavy atom. The summed E-state index contributed by atoms with van der Waals surface area (Å²) in [5, 5.41) is 9.07. The summed E-state index contributed by atoms with van der Waals surface area (Å²) in [5.41, 5.74) is 1.72. The average molecular weight is 639 g/mol. The molecule has 0 aliphatic rings. The lowest BCUT2D eigenvalue weighted by Crippen LogP contribution is -2.30. The van der Waals surface area contributed by atoms with Crippen molar-refractivity contribution in [2.45, 2.75) is 23.5 Å². The van der Waals surface area contributed by atoms with Crippen molar-refractivity contribution < 1.29 is 14.4 Å². The number of carbonyl (C=O) groups excluding carboxylic acids is 3. The van der Waals surface area contributed by atoms with E-state index in [0.717, 1.165) is 4.90 Å². The van der Waals surface area contributed by atoms with Crippen molar-refractivity contribution in [3.05, 3.63) is 129 Å². The van der Waals surface area contributed by atoms with Gasteiger partial charge in [-0.3, -0.25) is 14.4 Å². The monoisotopic (exact) mass is 637 g/mol. The summed E-state index contributed by atoms with van der Waals surface area (Å²) in [6.45, 7) is 1.92. The molecule has 4 aromatic rings. The smallest absolute Gasteiger partial charge is 0.272 e. The van der Waals surface area contributed by atoms with Crippen LogP contribution < -0.4 is 16.0 Å². The van der Waals surface area contributed by atoms with Crippen LogP contribution in [0.5, 0.6) is 0 Å². The minimum Gasteiger partial charge on any atom is -0.324 e. The van der Waals surface area contributed by atoms with Crippen LogP contribution in [0.4, 0.5) is 11.4 Å². The summed E-state index contributed by atoms with van der Waals surface area (Å²) in [7, 11) is 0. The zero-order valence-electron chi connectivity index (χ0n) is 22.4. The van der Waals surface area contributed by atoms with Crippen molar-refractivity contribution in [2.75, 3.05) is 10.6 Å². The molecule has 0 radical (unpaired) electrons. The molecule has 0 aromatic heterocycles. The number of hydrogen-bond acceptors (Lipinski definition) is 4. The van der Waals surface area contributed by atoms with E-state index in [9.17, 15) is 14.4 Å². The number of thioether (sulfide) groups is 1. The first-order chi connectivity index (χ1) is 20.2. The third-order valence-electron chi connectivity index (χ3n) is 5.98. The lowest BCUT2D eigenvalue weighted by molar-refractivity contribution is -0.116. The second-order valence-electron chi connectivity index (χ2n) is 8.98. The SMILES string of the molecule is CCC(Sc1cccc(NC(=O)/C(=C\c2c(Cl)cccc2Cl)NC(=O)c2ccccc2)c1)C(=O)Nc1ccccc1Cl. The summed E-state index contributed by atoms with van der Waals surface area (Å²) in [6, 6.07) is 27.6. The molecule has 4 rings (SSSR count). The zero-order valence-corrected chi connectivity index (χ0v) is 25.5. The summed E-state index contributed by atoms with van der Waals surface area (Å²) in [4.78, 5) is 40.2. The molecule has 0 fully saturated rings. The second-order valence-corrected chi connectivity index (χ2v) is 11.5. The molecular formula is C32H26Cl3N3O3S. The van der Waals surface area contributed by atoms with Crippen LogP contribution in [0.3, 0.4) is 0 Å². The van der Waals surface area contributed by atoms with E-state index in [1.54, 1.807) is 91.0 Å². The van der Waals surface area contributed by atoms with Crippen LogP contribution in [-0.4, -0.2) is 23.0 Å². The largest absolute Gasteiger partial charge is 0.324 e. The van der Waals surface area contributed by atoms with Crippen molar-refractivity contribution in [3.63, 3.8) is 0 Å². The number of para-hydroxylation sites is 1. The maximum Gasteiger partial charge on any atom is 0.272 e. The first-order valence-corrected chi connectivity index (χ1v) is 14.9. The van der Waals surface area contributed by atoms with Crippen molar-refractivity contribution in [1.82, 2.24) is 5.32 Å². The van der Waals surface area contributed by atoms with Gasteiger partial charge in [-0.15, -0.1) is 11.8 Å². The van der Waals surface area contributed by atoms with Crippen LogP contribution >= 0.6 is 46.6 Å². The Morgan fingerprint density at radius 1 is 0.786 bits per heavy atom.